The van der Waals surface area contributed by atoms with Crippen LogP contribution in [0.3, 0.4) is 0 Å². The van der Waals surface area contributed by atoms with Gasteiger partial charge in [-0.1, -0.05) is 27.5 Å². The van der Waals surface area contributed by atoms with E-state index in [0.717, 1.165) is 0 Å². The molecule has 0 aliphatic rings. The van der Waals surface area contributed by atoms with Crippen molar-refractivity contribution in [3.05, 3.63) is 56.8 Å². The molecule has 0 heterocycles. The third-order valence-corrected chi connectivity index (χ3v) is 5.33. The SMILES string of the molecule is Cc1cc(S(=O)(=O)Nc2ccc(Br)cc2F)c(C)cc1Cl. The largest absolute Gasteiger partial charge is 0.277 e. The Hall–Kier alpha value is -1.11. The first-order valence-electron chi connectivity index (χ1n) is 5.95. The van der Waals surface area contributed by atoms with Gasteiger partial charge in [-0.2, -0.15) is 0 Å². The van der Waals surface area contributed by atoms with Crippen molar-refractivity contribution in [3.63, 3.8) is 0 Å². The number of rotatable bonds is 3. The van der Waals surface area contributed by atoms with Crippen molar-refractivity contribution in [1.82, 2.24) is 0 Å². The summed E-state index contributed by atoms with van der Waals surface area (Å²) in [5.74, 6) is -0.656. The van der Waals surface area contributed by atoms with Gasteiger partial charge in [0.2, 0.25) is 0 Å². The van der Waals surface area contributed by atoms with Crippen molar-refractivity contribution in [2.75, 3.05) is 4.72 Å². The molecule has 0 radical (unpaired) electrons. The predicted molar refractivity (Wildman–Crippen MR) is 85.8 cm³/mol. The van der Waals surface area contributed by atoms with Gasteiger partial charge in [-0.3, -0.25) is 4.72 Å². The molecule has 3 nitrogen and oxygen atoms in total. The molecule has 0 amide bonds. The van der Waals surface area contributed by atoms with E-state index in [1.54, 1.807) is 26.0 Å². The highest BCUT2D eigenvalue weighted by Crippen LogP contribution is 2.27. The lowest BCUT2D eigenvalue weighted by Gasteiger charge is -2.12. The number of sulfonamides is 1. The molecule has 0 aliphatic heterocycles. The van der Waals surface area contributed by atoms with Crippen molar-refractivity contribution in [1.29, 1.82) is 0 Å². The molecule has 1 N–H and O–H groups in total. The maximum Gasteiger partial charge on any atom is 0.262 e. The lowest BCUT2D eigenvalue weighted by atomic mass is 10.2. The third-order valence-electron chi connectivity index (χ3n) is 2.92. The van der Waals surface area contributed by atoms with Crippen LogP contribution in [0.1, 0.15) is 11.1 Å². The van der Waals surface area contributed by atoms with Gasteiger partial charge < -0.3 is 0 Å². The Morgan fingerprint density at radius 1 is 1.14 bits per heavy atom. The summed E-state index contributed by atoms with van der Waals surface area (Å²) >= 11 is 9.08. The van der Waals surface area contributed by atoms with Crippen LogP contribution in [0.25, 0.3) is 0 Å². The summed E-state index contributed by atoms with van der Waals surface area (Å²) in [7, 11) is -3.88. The maximum atomic E-state index is 13.8. The van der Waals surface area contributed by atoms with Crippen LogP contribution in [0.5, 0.6) is 0 Å². The summed E-state index contributed by atoms with van der Waals surface area (Å²) in [4.78, 5) is 0.0757. The summed E-state index contributed by atoms with van der Waals surface area (Å²) < 4.78 is 41.3. The molecule has 0 aliphatic carbocycles. The van der Waals surface area contributed by atoms with Crippen LogP contribution in [0, 0.1) is 19.7 Å². The zero-order chi connectivity index (χ0) is 15.8. The Kier molecular flexibility index (Phi) is 4.60. The van der Waals surface area contributed by atoms with E-state index in [1.165, 1.54) is 18.2 Å². The molecular weight excluding hydrogens is 381 g/mol. The van der Waals surface area contributed by atoms with Gasteiger partial charge in [0.05, 0.1) is 10.6 Å². The Bertz CT molecular complexity index is 809. The monoisotopic (exact) mass is 391 g/mol. The fourth-order valence-corrected chi connectivity index (χ4v) is 3.75. The number of halogens is 3. The summed E-state index contributed by atoms with van der Waals surface area (Å²) in [5, 5.41) is 0.487. The fraction of sp³-hybridized carbons (Fsp3) is 0.143. The average molecular weight is 393 g/mol. The average Bonchev–Trinajstić information content (AvgIpc) is 2.37. The van der Waals surface area contributed by atoms with E-state index in [2.05, 4.69) is 20.7 Å². The van der Waals surface area contributed by atoms with Crippen molar-refractivity contribution < 1.29 is 12.8 Å². The summed E-state index contributed by atoms with van der Waals surface area (Å²) in [6, 6.07) is 7.15. The number of nitrogens with one attached hydrogen (secondary N) is 1. The number of hydrogen-bond donors (Lipinski definition) is 1. The minimum atomic E-state index is -3.88. The minimum absolute atomic E-state index is 0.0757. The molecule has 7 heteroatoms. The normalized spacial score (nSPS) is 11.5. The maximum absolute atomic E-state index is 13.8. The summed E-state index contributed by atoms with van der Waals surface area (Å²) in [6.07, 6.45) is 0. The third kappa shape index (κ3) is 3.56. The van der Waals surface area contributed by atoms with Gasteiger partial charge in [-0.15, -0.1) is 0 Å². The number of anilines is 1. The van der Waals surface area contributed by atoms with Crippen LogP contribution in [-0.4, -0.2) is 8.42 Å². The number of aryl methyl sites for hydroxylation is 2. The molecule has 0 unspecified atom stereocenters. The Morgan fingerprint density at radius 2 is 1.81 bits per heavy atom. The Morgan fingerprint density at radius 3 is 2.43 bits per heavy atom. The van der Waals surface area contributed by atoms with Crippen molar-refractivity contribution in [3.8, 4) is 0 Å². The van der Waals surface area contributed by atoms with Gasteiger partial charge in [-0.25, -0.2) is 12.8 Å². The van der Waals surface area contributed by atoms with Crippen LogP contribution in [0.4, 0.5) is 10.1 Å². The second-order valence-electron chi connectivity index (χ2n) is 4.60. The zero-order valence-electron chi connectivity index (χ0n) is 11.2. The van der Waals surface area contributed by atoms with Crippen LogP contribution in [0.15, 0.2) is 39.7 Å². The molecule has 0 bridgehead atoms. The summed E-state index contributed by atoms with van der Waals surface area (Å²) in [5.41, 5.74) is 1.03. The zero-order valence-corrected chi connectivity index (χ0v) is 14.4. The summed E-state index contributed by atoms with van der Waals surface area (Å²) in [6.45, 7) is 3.35. The highest BCUT2D eigenvalue weighted by atomic mass is 79.9. The Balaban J connectivity index is 2.46. The van der Waals surface area contributed by atoms with E-state index in [-0.39, 0.29) is 10.6 Å². The smallest absolute Gasteiger partial charge is 0.262 e. The van der Waals surface area contributed by atoms with E-state index in [1.807, 2.05) is 0 Å². The van der Waals surface area contributed by atoms with Crippen LogP contribution in [-0.2, 0) is 10.0 Å². The van der Waals surface area contributed by atoms with Crippen molar-refractivity contribution in [2.24, 2.45) is 0 Å². The lowest BCUT2D eigenvalue weighted by molar-refractivity contribution is 0.598. The molecule has 0 fully saturated rings. The van der Waals surface area contributed by atoms with Crippen LogP contribution in [0.2, 0.25) is 5.02 Å². The van der Waals surface area contributed by atoms with E-state index in [0.29, 0.717) is 20.6 Å². The van der Waals surface area contributed by atoms with Gasteiger partial charge in [0.1, 0.15) is 5.82 Å². The molecular formula is C14H12BrClFNO2S. The predicted octanol–water partition coefficient (Wildman–Crippen LogP) is 4.66. The van der Waals surface area contributed by atoms with E-state index in [9.17, 15) is 12.8 Å². The second-order valence-corrected chi connectivity index (χ2v) is 7.57. The van der Waals surface area contributed by atoms with Crippen molar-refractivity contribution >= 4 is 43.2 Å². The van der Waals surface area contributed by atoms with Gasteiger partial charge >= 0.3 is 0 Å². The minimum Gasteiger partial charge on any atom is -0.277 e. The first-order valence-corrected chi connectivity index (χ1v) is 8.61. The highest BCUT2D eigenvalue weighted by molar-refractivity contribution is 9.10. The van der Waals surface area contributed by atoms with Gasteiger partial charge in [0, 0.05) is 9.50 Å². The molecule has 2 aromatic carbocycles. The standard InChI is InChI=1S/C14H12BrClFNO2S/c1-8-6-14(9(2)5-11(8)16)21(19,20)18-13-4-3-10(15)7-12(13)17/h3-7,18H,1-2H3. The molecule has 0 spiro atoms. The molecule has 0 atom stereocenters. The lowest BCUT2D eigenvalue weighted by Crippen LogP contribution is -2.15. The molecule has 2 rings (SSSR count). The topological polar surface area (TPSA) is 46.2 Å². The second kappa shape index (κ2) is 5.94. The van der Waals surface area contributed by atoms with Gasteiger partial charge in [0.25, 0.3) is 10.0 Å². The van der Waals surface area contributed by atoms with E-state index < -0.39 is 15.8 Å². The van der Waals surface area contributed by atoms with Gasteiger partial charge in [-0.05, 0) is 55.3 Å². The number of benzene rings is 2. The van der Waals surface area contributed by atoms with Crippen LogP contribution >= 0.6 is 27.5 Å². The highest BCUT2D eigenvalue weighted by Gasteiger charge is 2.19. The van der Waals surface area contributed by atoms with Crippen molar-refractivity contribution in [2.45, 2.75) is 18.7 Å². The molecule has 21 heavy (non-hydrogen) atoms. The van der Waals surface area contributed by atoms with Crippen LogP contribution < -0.4 is 4.72 Å². The first kappa shape index (κ1) is 16.3. The van der Waals surface area contributed by atoms with Gasteiger partial charge in [0.15, 0.2) is 0 Å². The number of hydrogen-bond acceptors (Lipinski definition) is 2. The van der Waals surface area contributed by atoms with E-state index >= 15 is 0 Å². The molecule has 0 saturated carbocycles. The quantitative estimate of drug-likeness (QED) is 0.826. The Labute approximate surface area is 136 Å². The molecule has 0 aromatic heterocycles. The molecule has 2 aromatic rings. The molecule has 112 valence electrons. The first-order chi connectivity index (χ1) is 9.70. The molecule has 0 saturated heterocycles. The fourth-order valence-electron chi connectivity index (χ4n) is 1.82. The van der Waals surface area contributed by atoms with E-state index in [4.69, 9.17) is 11.6 Å².